The molecule has 0 bridgehead atoms. The molecule has 14 aromatic carbocycles. The quantitative estimate of drug-likeness (QED) is 0.171. The largest absolute Gasteiger partial charge is 0.455 e. The van der Waals surface area contributed by atoms with E-state index in [-0.39, 0.29) is 0 Å². The molecule has 2 spiro atoms. The number of fused-ring (bicyclic) bond motifs is 26. The van der Waals surface area contributed by atoms with Crippen LogP contribution in [0, 0.1) is 0 Å². The van der Waals surface area contributed by atoms with Crippen molar-refractivity contribution in [2.75, 3.05) is 4.90 Å². The molecule has 0 saturated heterocycles. The lowest BCUT2D eigenvalue weighted by Crippen LogP contribution is -2.33. The van der Waals surface area contributed by atoms with Gasteiger partial charge in [0.15, 0.2) is 0 Å². The Labute approximate surface area is 502 Å². The Balaban J connectivity index is 0.750. The average molecular weight is 1100 g/mol. The number of hydrogen-bond acceptors (Lipinski definition) is 2. The lowest BCUT2D eigenvalue weighted by atomic mass is 9.65. The molecule has 0 fully saturated rings. The molecule has 16 aromatic rings. The van der Waals surface area contributed by atoms with Crippen molar-refractivity contribution in [3.63, 3.8) is 0 Å². The number of furan rings is 1. The summed E-state index contributed by atoms with van der Waals surface area (Å²) in [6.45, 7) is 0. The fraction of sp³-hybridized carbons (Fsp3) is 0.0238. The van der Waals surface area contributed by atoms with Crippen LogP contribution in [0.5, 0.6) is 0 Å². The second-order valence-electron chi connectivity index (χ2n) is 24.2. The third-order valence-corrected chi connectivity index (χ3v) is 20.2. The van der Waals surface area contributed by atoms with E-state index in [1.54, 1.807) is 0 Å². The molecule has 1 aliphatic heterocycles. The van der Waals surface area contributed by atoms with Gasteiger partial charge in [-0.2, -0.15) is 0 Å². The zero-order chi connectivity index (χ0) is 56.7. The van der Waals surface area contributed by atoms with Gasteiger partial charge in [-0.15, -0.1) is 0 Å². The molecular formula is C84H50N2O. The summed E-state index contributed by atoms with van der Waals surface area (Å²) >= 11 is 0. The molecule has 4 aliphatic rings. The summed E-state index contributed by atoms with van der Waals surface area (Å²) in [5.74, 6) is 0. The molecule has 87 heavy (non-hydrogen) atoms. The van der Waals surface area contributed by atoms with Gasteiger partial charge in [-0.05, 0) is 172 Å². The number of nitrogens with zero attached hydrogens (tertiary/aromatic N) is 2. The molecule has 3 heterocycles. The molecule has 1 unspecified atom stereocenters. The van der Waals surface area contributed by atoms with Crippen LogP contribution >= 0.6 is 0 Å². The van der Waals surface area contributed by atoms with Gasteiger partial charge in [0, 0.05) is 44.2 Å². The van der Waals surface area contributed by atoms with Crippen molar-refractivity contribution < 1.29 is 4.42 Å². The van der Waals surface area contributed by atoms with E-state index in [9.17, 15) is 0 Å². The summed E-state index contributed by atoms with van der Waals surface area (Å²) in [5, 5.41) is 7.18. The first-order chi connectivity index (χ1) is 43.1. The lowest BCUT2D eigenvalue weighted by Gasteiger charge is -2.39. The molecule has 0 radical (unpaired) electrons. The third kappa shape index (κ3) is 6.05. The van der Waals surface area contributed by atoms with Gasteiger partial charge in [-0.3, -0.25) is 0 Å². The fourth-order valence-electron chi connectivity index (χ4n) is 16.7. The number of para-hydroxylation sites is 5. The highest BCUT2D eigenvalue weighted by Gasteiger charge is 2.53. The van der Waals surface area contributed by atoms with Crippen LogP contribution in [0.1, 0.15) is 44.5 Å². The maximum atomic E-state index is 6.59. The number of hydrogen-bond donors (Lipinski definition) is 0. The molecule has 2 aromatic heterocycles. The fourth-order valence-corrected chi connectivity index (χ4v) is 16.7. The number of aromatic nitrogens is 1. The van der Waals surface area contributed by atoms with E-state index in [0.717, 1.165) is 50.1 Å². The first-order valence-corrected chi connectivity index (χ1v) is 30.3. The van der Waals surface area contributed by atoms with Crippen LogP contribution in [0.3, 0.4) is 0 Å². The number of anilines is 3. The van der Waals surface area contributed by atoms with Crippen LogP contribution in [0.25, 0.3) is 116 Å². The molecule has 20 rings (SSSR count). The van der Waals surface area contributed by atoms with Crippen molar-refractivity contribution in [2.24, 2.45) is 0 Å². The standard InChI is InChI=1S/C84H50N2O/c1-7-26-70-60(17-1)61-18-2-8-27-71(61)83(70)72-28-9-3-20-63(72)65-46-44-58(50-77(65)83)85(56-41-37-51(38-42-56)59-23-15-25-69-67-22-6-14-34-80(67)87-82(59)69)57-43-39-53-47-52(35-36-54(53)48-57)55-40-45-64-62-19-4-10-29-73(62)84(76(64)49-55)74-30-11-13-33-79(74)86-78-32-12-5-21-66(78)68-24-16-31-75(84)81(68)86/h1-50H. The molecule has 402 valence electrons. The second-order valence-corrected chi connectivity index (χ2v) is 24.2. The van der Waals surface area contributed by atoms with Gasteiger partial charge < -0.3 is 13.9 Å². The predicted octanol–water partition coefficient (Wildman–Crippen LogP) is 21.7. The van der Waals surface area contributed by atoms with Gasteiger partial charge >= 0.3 is 0 Å². The average Bonchev–Trinajstić information content (AvgIpc) is 1.58. The van der Waals surface area contributed by atoms with E-state index in [0.29, 0.717) is 0 Å². The summed E-state index contributed by atoms with van der Waals surface area (Å²) in [7, 11) is 0. The number of benzene rings is 14. The minimum atomic E-state index is -0.527. The molecule has 3 nitrogen and oxygen atoms in total. The van der Waals surface area contributed by atoms with E-state index < -0.39 is 10.8 Å². The van der Waals surface area contributed by atoms with E-state index >= 15 is 0 Å². The van der Waals surface area contributed by atoms with Crippen LogP contribution in [0.2, 0.25) is 0 Å². The van der Waals surface area contributed by atoms with Crippen molar-refractivity contribution >= 4 is 71.6 Å². The maximum absolute atomic E-state index is 6.59. The molecule has 0 saturated carbocycles. The summed E-state index contributed by atoms with van der Waals surface area (Å²) in [6.07, 6.45) is 0. The van der Waals surface area contributed by atoms with Gasteiger partial charge in [-0.25, -0.2) is 0 Å². The summed E-state index contributed by atoms with van der Waals surface area (Å²) in [6, 6.07) is 114. The zero-order valence-electron chi connectivity index (χ0n) is 47.2. The SMILES string of the molecule is c1ccc2c(c1)-c1ccccc1C21c2ccccc2-c2ccc(N(c3ccc(-c4cccc5c4oc4ccccc45)cc3)c3ccc4cc(-c5ccc6c(c5)C5(c7ccccc7-6)c6ccccc6-n6c7ccccc7c7cccc5c76)ccc4c3)cc21. The van der Waals surface area contributed by atoms with Crippen LogP contribution in [-0.4, -0.2) is 4.57 Å². The Morgan fingerprint density at radius 3 is 1.47 bits per heavy atom. The van der Waals surface area contributed by atoms with Crippen molar-refractivity contribution in [3.05, 3.63) is 348 Å². The highest BCUT2D eigenvalue weighted by molar-refractivity contribution is 6.13. The predicted molar refractivity (Wildman–Crippen MR) is 358 cm³/mol. The molecule has 3 heteroatoms. The normalized spacial score (nSPS) is 15.0. The molecule has 0 amide bonds. The Morgan fingerprint density at radius 1 is 0.276 bits per heavy atom. The van der Waals surface area contributed by atoms with Crippen molar-refractivity contribution in [3.8, 4) is 61.3 Å². The minimum Gasteiger partial charge on any atom is -0.455 e. The molecule has 1 atom stereocenters. The Morgan fingerprint density at radius 2 is 0.736 bits per heavy atom. The van der Waals surface area contributed by atoms with Gasteiger partial charge in [0.1, 0.15) is 11.2 Å². The molecular weight excluding hydrogens is 1050 g/mol. The summed E-state index contributed by atoms with van der Waals surface area (Å²) < 4.78 is 9.11. The summed E-state index contributed by atoms with van der Waals surface area (Å²) in [5.41, 5.74) is 30.7. The van der Waals surface area contributed by atoms with Crippen LogP contribution in [-0.2, 0) is 10.8 Å². The maximum Gasteiger partial charge on any atom is 0.143 e. The Kier molecular flexibility index (Phi) is 9.32. The van der Waals surface area contributed by atoms with Gasteiger partial charge in [0.2, 0.25) is 0 Å². The Bertz CT molecular complexity index is 5620. The minimum absolute atomic E-state index is 0.483. The van der Waals surface area contributed by atoms with Gasteiger partial charge in [0.05, 0.1) is 27.6 Å². The molecule has 0 N–H and O–H groups in total. The van der Waals surface area contributed by atoms with Crippen LogP contribution in [0.4, 0.5) is 17.1 Å². The van der Waals surface area contributed by atoms with Crippen molar-refractivity contribution in [2.45, 2.75) is 10.8 Å². The zero-order valence-corrected chi connectivity index (χ0v) is 47.2. The second kappa shape index (κ2) is 17.2. The molecule has 3 aliphatic carbocycles. The lowest BCUT2D eigenvalue weighted by molar-refractivity contribution is 0.670. The first kappa shape index (κ1) is 47.1. The van der Waals surface area contributed by atoms with Crippen molar-refractivity contribution in [1.29, 1.82) is 0 Å². The Hall–Kier alpha value is -11.3. The monoisotopic (exact) mass is 1100 g/mol. The number of rotatable bonds is 5. The first-order valence-electron chi connectivity index (χ1n) is 30.3. The van der Waals surface area contributed by atoms with Crippen LogP contribution < -0.4 is 4.90 Å². The topological polar surface area (TPSA) is 21.3 Å². The highest BCUT2D eigenvalue weighted by atomic mass is 16.3. The van der Waals surface area contributed by atoms with E-state index in [4.69, 9.17) is 4.42 Å². The van der Waals surface area contributed by atoms with E-state index in [2.05, 4.69) is 307 Å². The van der Waals surface area contributed by atoms with E-state index in [1.165, 1.54) is 127 Å². The van der Waals surface area contributed by atoms with Gasteiger partial charge in [-0.1, -0.05) is 237 Å². The van der Waals surface area contributed by atoms with Crippen molar-refractivity contribution in [1.82, 2.24) is 4.57 Å². The third-order valence-electron chi connectivity index (χ3n) is 20.2. The highest BCUT2D eigenvalue weighted by Crippen LogP contribution is 2.65. The van der Waals surface area contributed by atoms with E-state index in [1.807, 2.05) is 6.07 Å². The summed E-state index contributed by atoms with van der Waals surface area (Å²) in [4.78, 5) is 2.46. The van der Waals surface area contributed by atoms with Crippen LogP contribution in [0.15, 0.2) is 308 Å². The smallest absolute Gasteiger partial charge is 0.143 e. The van der Waals surface area contributed by atoms with Gasteiger partial charge in [0.25, 0.3) is 0 Å².